The minimum atomic E-state index is -0.123. The zero-order chi connectivity index (χ0) is 48.0. The highest BCUT2D eigenvalue weighted by atomic mass is 15.1. The largest absolute Gasteiger partial charge is 0.310 e. The van der Waals surface area contributed by atoms with Crippen LogP contribution in [0.25, 0.3) is 71.6 Å². The molecule has 0 aliphatic heterocycles. The van der Waals surface area contributed by atoms with E-state index in [2.05, 4.69) is 155 Å². The van der Waals surface area contributed by atoms with Crippen molar-refractivity contribution in [3.63, 3.8) is 0 Å². The number of fused-ring (bicyclic) bond motifs is 4. The summed E-state index contributed by atoms with van der Waals surface area (Å²) in [5.41, 5.74) is 13.1. The maximum atomic E-state index is 9.55. The predicted molar refractivity (Wildman–Crippen MR) is 284 cm³/mol. The number of hydrogen-bond donors (Lipinski definition) is 0. The third-order valence-corrected chi connectivity index (χ3v) is 12.6. The SMILES string of the molecule is [2H]c1c([2H])c(N(c2ccccc2)c2cccc(-c3ccccc3)c2)c([2H])c([2H])c1-c1ccc2cc(N(c3ccc4c(c3)c3ccccc3n4-c3ccccc3)c3ccccc3-c3ccccc3)ccc2c1. The molecular formula is C64H45N3. The summed E-state index contributed by atoms with van der Waals surface area (Å²) in [5.74, 6) is 0. The van der Waals surface area contributed by atoms with E-state index in [1.807, 2.05) is 108 Å². The highest BCUT2D eigenvalue weighted by Gasteiger charge is 2.21. The van der Waals surface area contributed by atoms with Crippen molar-refractivity contribution in [3.05, 3.63) is 273 Å². The van der Waals surface area contributed by atoms with E-state index in [1.54, 1.807) is 0 Å². The van der Waals surface area contributed by atoms with Crippen LogP contribution in [0.1, 0.15) is 5.48 Å². The summed E-state index contributed by atoms with van der Waals surface area (Å²) in [6, 6.07) is 84.4. The van der Waals surface area contributed by atoms with Gasteiger partial charge in [0.25, 0.3) is 0 Å². The fourth-order valence-corrected chi connectivity index (χ4v) is 9.44. The van der Waals surface area contributed by atoms with Gasteiger partial charge in [0.15, 0.2) is 0 Å². The number of benzene rings is 11. The molecule has 0 aliphatic carbocycles. The van der Waals surface area contributed by atoms with Crippen molar-refractivity contribution in [1.29, 1.82) is 0 Å². The van der Waals surface area contributed by atoms with Gasteiger partial charge < -0.3 is 14.4 Å². The molecule has 0 bridgehead atoms. The normalized spacial score (nSPS) is 12.1. The predicted octanol–water partition coefficient (Wildman–Crippen LogP) is 17.9. The van der Waals surface area contributed by atoms with E-state index in [9.17, 15) is 5.48 Å². The molecule has 12 aromatic rings. The van der Waals surface area contributed by atoms with E-state index in [1.165, 1.54) is 5.39 Å². The van der Waals surface area contributed by atoms with Gasteiger partial charge in [-0.05, 0) is 136 Å². The summed E-state index contributed by atoms with van der Waals surface area (Å²) in [7, 11) is 0. The van der Waals surface area contributed by atoms with Crippen LogP contribution in [0.4, 0.5) is 34.1 Å². The Balaban J connectivity index is 0.979. The van der Waals surface area contributed by atoms with Crippen LogP contribution in [0.15, 0.2) is 273 Å². The van der Waals surface area contributed by atoms with Crippen molar-refractivity contribution in [2.45, 2.75) is 0 Å². The topological polar surface area (TPSA) is 11.4 Å². The average Bonchev–Trinajstić information content (AvgIpc) is 3.76. The van der Waals surface area contributed by atoms with Crippen LogP contribution < -0.4 is 9.80 Å². The maximum Gasteiger partial charge on any atom is 0.0645 e. The van der Waals surface area contributed by atoms with Gasteiger partial charge in [0.2, 0.25) is 0 Å². The molecule has 3 nitrogen and oxygen atoms in total. The Morgan fingerprint density at radius 3 is 1.64 bits per heavy atom. The van der Waals surface area contributed by atoms with Gasteiger partial charge in [-0.3, -0.25) is 0 Å². The second kappa shape index (κ2) is 17.2. The first-order valence-corrected chi connectivity index (χ1v) is 22.6. The Morgan fingerprint density at radius 2 is 0.851 bits per heavy atom. The van der Waals surface area contributed by atoms with E-state index in [0.29, 0.717) is 5.56 Å². The van der Waals surface area contributed by atoms with Crippen LogP contribution in [0.5, 0.6) is 0 Å². The first-order chi connectivity index (χ1) is 34.9. The zero-order valence-electron chi connectivity index (χ0n) is 40.5. The smallest absolute Gasteiger partial charge is 0.0645 e. The second-order valence-corrected chi connectivity index (χ2v) is 16.7. The minimum absolute atomic E-state index is 0.107. The maximum absolute atomic E-state index is 9.55. The monoisotopic (exact) mass is 859 g/mol. The first-order valence-electron chi connectivity index (χ1n) is 24.6. The third-order valence-electron chi connectivity index (χ3n) is 12.6. The van der Waals surface area contributed by atoms with Crippen LogP contribution >= 0.6 is 0 Å². The molecule has 1 heterocycles. The van der Waals surface area contributed by atoms with Gasteiger partial charge in [0.1, 0.15) is 0 Å². The Morgan fingerprint density at radius 1 is 0.299 bits per heavy atom. The van der Waals surface area contributed by atoms with Crippen LogP contribution in [0, 0.1) is 0 Å². The number of para-hydroxylation sites is 4. The number of nitrogens with zero attached hydrogens (tertiary/aromatic N) is 3. The molecule has 1 aromatic heterocycles. The van der Waals surface area contributed by atoms with E-state index in [-0.39, 0.29) is 35.4 Å². The Bertz CT molecular complexity index is 3900. The Labute approximate surface area is 396 Å². The van der Waals surface area contributed by atoms with E-state index in [4.69, 9.17) is 0 Å². The van der Waals surface area contributed by atoms with Crippen LogP contribution in [-0.2, 0) is 0 Å². The summed E-state index contributed by atoms with van der Waals surface area (Å²) in [6.45, 7) is 0. The first kappa shape index (κ1) is 35.4. The van der Waals surface area contributed by atoms with E-state index in [0.717, 1.165) is 83.6 Å². The lowest BCUT2D eigenvalue weighted by molar-refractivity contribution is 1.18. The molecule has 0 atom stereocenters. The molecule has 11 aromatic carbocycles. The lowest BCUT2D eigenvalue weighted by Gasteiger charge is -2.28. The molecule has 3 heteroatoms. The van der Waals surface area contributed by atoms with Crippen molar-refractivity contribution in [1.82, 2.24) is 4.57 Å². The van der Waals surface area contributed by atoms with Gasteiger partial charge in [0, 0.05) is 50.5 Å². The lowest BCUT2D eigenvalue weighted by Crippen LogP contribution is -2.11. The van der Waals surface area contributed by atoms with Gasteiger partial charge in [-0.2, -0.15) is 0 Å². The molecule has 0 saturated heterocycles. The van der Waals surface area contributed by atoms with Gasteiger partial charge in [-0.1, -0.05) is 176 Å². The molecule has 0 aliphatic rings. The van der Waals surface area contributed by atoms with E-state index < -0.39 is 0 Å². The zero-order valence-corrected chi connectivity index (χ0v) is 36.5. The van der Waals surface area contributed by atoms with Crippen molar-refractivity contribution in [3.8, 4) is 39.1 Å². The van der Waals surface area contributed by atoms with Crippen LogP contribution in [-0.4, -0.2) is 4.57 Å². The van der Waals surface area contributed by atoms with Crippen molar-refractivity contribution >= 4 is 66.7 Å². The van der Waals surface area contributed by atoms with Crippen LogP contribution in [0.3, 0.4) is 0 Å². The molecule has 12 rings (SSSR count). The molecule has 0 amide bonds. The molecule has 0 fully saturated rings. The highest BCUT2D eigenvalue weighted by Crippen LogP contribution is 2.44. The number of hydrogen-bond acceptors (Lipinski definition) is 2. The van der Waals surface area contributed by atoms with Crippen LogP contribution in [0.2, 0.25) is 0 Å². The summed E-state index contributed by atoms with van der Waals surface area (Å²) < 4.78 is 40.5. The molecule has 316 valence electrons. The fourth-order valence-electron chi connectivity index (χ4n) is 9.44. The molecule has 0 saturated carbocycles. The standard InChI is InChI=1S/C64H45N3/c1-5-18-46(19-6-1)49-22-17-27-56(43-49)65(53-23-9-3-10-24-53)55-37-34-47(35-38-55)50-32-33-52-44-57(39-36-51(52)42-50)66(62-30-15-13-28-59(62)48-20-7-2-8-21-48)58-40-41-64-61(45-58)60-29-14-16-31-63(60)67(64)54-25-11-4-12-26-54/h1-45H/i34D,35D,37D,38D. The summed E-state index contributed by atoms with van der Waals surface area (Å²) in [6.07, 6.45) is 0. The molecular weight excluding hydrogens is 811 g/mol. The highest BCUT2D eigenvalue weighted by molar-refractivity contribution is 6.11. The fraction of sp³-hybridized carbons (Fsp3) is 0. The minimum Gasteiger partial charge on any atom is -0.310 e. The van der Waals surface area contributed by atoms with Crippen molar-refractivity contribution < 1.29 is 5.48 Å². The number of anilines is 6. The van der Waals surface area contributed by atoms with Gasteiger partial charge >= 0.3 is 0 Å². The third kappa shape index (κ3) is 7.49. The molecule has 0 radical (unpaired) electrons. The molecule has 0 N–H and O–H groups in total. The van der Waals surface area contributed by atoms with Gasteiger partial charge in [-0.25, -0.2) is 0 Å². The van der Waals surface area contributed by atoms with Crippen molar-refractivity contribution in [2.24, 2.45) is 0 Å². The quantitative estimate of drug-likeness (QED) is 0.136. The van der Waals surface area contributed by atoms with Gasteiger partial charge in [0.05, 0.1) is 22.2 Å². The van der Waals surface area contributed by atoms with Crippen molar-refractivity contribution in [2.75, 3.05) is 9.80 Å². The van der Waals surface area contributed by atoms with E-state index >= 15 is 0 Å². The molecule has 67 heavy (non-hydrogen) atoms. The molecule has 0 spiro atoms. The second-order valence-electron chi connectivity index (χ2n) is 16.7. The summed E-state index contributed by atoms with van der Waals surface area (Å²) >= 11 is 0. The lowest BCUT2D eigenvalue weighted by atomic mass is 9.99. The number of rotatable bonds is 10. The number of aromatic nitrogens is 1. The summed E-state index contributed by atoms with van der Waals surface area (Å²) in [5, 5.41) is 4.19. The average molecular weight is 860 g/mol. The van der Waals surface area contributed by atoms with Gasteiger partial charge in [-0.15, -0.1) is 0 Å². The molecule has 0 unspecified atom stereocenters. The Kier molecular flexibility index (Phi) is 9.11. The Hall–Kier alpha value is -8.92. The summed E-state index contributed by atoms with van der Waals surface area (Å²) in [4.78, 5) is 4.17.